The maximum Gasteiger partial charge on any atom is 0.0346 e. The van der Waals surface area contributed by atoms with Gasteiger partial charge in [0.05, 0.1) is 0 Å². The number of nitrogens with zero attached hydrogens (tertiary/aromatic N) is 1. The summed E-state index contributed by atoms with van der Waals surface area (Å²) >= 11 is 0. The van der Waals surface area contributed by atoms with E-state index in [1.807, 2.05) is 12.4 Å². The van der Waals surface area contributed by atoms with Crippen LogP contribution in [0.3, 0.4) is 0 Å². The van der Waals surface area contributed by atoms with Crippen LogP contribution in [0.25, 0.3) is 10.8 Å². The van der Waals surface area contributed by atoms with Crippen LogP contribution in [-0.4, -0.2) is 17.6 Å². The van der Waals surface area contributed by atoms with Crippen LogP contribution in [0.1, 0.15) is 32.3 Å². The number of hydrogen-bond acceptors (Lipinski definition) is 2. The highest BCUT2D eigenvalue weighted by molar-refractivity contribution is 5.84. The molecular weight excluding hydrogens is 220 g/mol. The van der Waals surface area contributed by atoms with Crippen molar-refractivity contribution < 1.29 is 0 Å². The second-order valence-electron chi connectivity index (χ2n) is 5.09. The van der Waals surface area contributed by atoms with Crippen molar-refractivity contribution in [1.82, 2.24) is 10.3 Å². The van der Waals surface area contributed by atoms with Gasteiger partial charge in [-0.1, -0.05) is 38.1 Å². The van der Waals surface area contributed by atoms with Crippen molar-refractivity contribution in [1.29, 1.82) is 0 Å². The number of aromatic nitrogens is 1. The minimum atomic E-state index is 0.587. The number of unbranched alkanes of at least 4 members (excludes halogenated alkanes) is 1. The first-order valence-corrected chi connectivity index (χ1v) is 6.82. The van der Waals surface area contributed by atoms with Crippen LogP contribution in [-0.2, 0) is 6.42 Å². The lowest BCUT2D eigenvalue weighted by Gasteiger charge is -2.08. The highest BCUT2D eigenvalue weighted by Gasteiger charge is 2.01. The van der Waals surface area contributed by atoms with E-state index in [0.29, 0.717) is 6.04 Å². The minimum Gasteiger partial charge on any atom is -0.315 e. The van der Waals surface area contributed by atoms with Gasteiger partial charge in [-0.05, 0) is 36.8 Å². The molecule has 0 saturated heterocycles. The molecule has 0 unspecified atom stereocenters. The van der Waals surface area contributed by atoms with Gasteiger partial charge in [-0.25, -0.2) is 0 Å². The Morgan fingerprint density at radius 2 is 1.94 bits per heavy atom. The summed E-state index contributed by atoms with van der Waals surface area (Å²) in [6, 6.07) is 9.08. The summed E-state index contributed by atoms with van der Waals surface area (Å²) in [7, 11) is 0. The largest absolute Gasteiger partial charge is 0.315 e. The molecule has 1 heterocycles. The van der Waals surface area contributed by atoms with E-state index < -0.39 is 0 Å². The predicted octanol–water partition coefficient (Wildman–Crippen LogP) is 3.56. The molecule has 1 N–H and O–H groups in total. The second-order valence-corrected chi connectivity index (χ2v) is 5.09. The SMILES string of the molecule is CC(C)NCCCCc1cncc2ccccc12. The maximum absolute atomic E-state index is 4.32. The van der Waals surface area contributed by atoms with Crippen LogP contribution in [0.15, 0.2) is 36.7 Å². The zero-order chi connectivity index (χ0) is 12.8. The summed E-state index contributed by atoms with van der Waals surface area (Å²) in [5, 5.41) is 6.05. The summed E-state index contributed by atoms with van der Waals surface area (Å²) < 4.78 is 0. The molecule has 18 heavy (non-hydrogen) atoms. The Balaban J connectivity index is 1.91. The van der Waals surface area contributed by atoms with Crippen LogP contribution in [0.4, 0.5) is 0 Å². The number of rotatable bonds is 6. The Morgan fingerprint density at radius 3 is 2.78 bits per heavy atom. The molecule has 0 aliphatic heterocycles. The van der Waals surface area contributed by atoms with Crippen molar-refractivity contribution in [2.45, 2.75) is 39.2 Å². The molecule has 0 aliphatic rings. The third-order valence-corrected chi connectivity index (χ3v) is 3.18. The average Bonchev–Trinajstić information content (AvgIpc) is 2.38. The maximum atomic E-state index is 4.32. The van der Waals surface area contributed by atoms with Crippen molar-refractivity contribution in [3.05, 3.63) is 42.2 Å². The highest BCUT2D eigenvalue weighted by Crippen LogP contribution is 2.18. The molecular formula is C16H22N2. The first kappa shape index (κ1) is 13.0. The number of aryl methyl sites for hydroxylation is 1. The van der Waals surface area contributed by atoms with Gasteiger partial charge in [-0.15, -0.1) is 0 Å². The van der Waals surface area contributed by atoms with Crippen LogP contribution >= 0.6 is 0 Å². The molecule has 1 aromatic heterocycles. The van der Waals surface area contributed by atoms with Gasteiger partial charge in [-0.3, -0.25) is 4.98 Å². The summed E-state index contributed by atoms with van der Waals surface area (Å²) in [5.74, 6) is 0. The first-order valence-electron chi connectivity index (χ1n) is 6.82. The lowest BCUT2D eigenvalue weighted by atomic mass is 10.0. The first-order chi connectivity index (χ1) is 8.77. The molecule has 96 valence electrons. The second kappa shape index (κ2) is 6.50. The molecule has 2 aromatic rings. The molecule has 0 bridgehead atoms. The fraction of sp³-hybridized carbons (Fsp3) is 0.438. The number of pyridine rings is 1. The normalized spacial score (nSPS) is 11.3. The van der Waals surface area contributed by atoms with Gasteiger partial charge >= 0.3 is 0 Å². The Kier molecular flexibility index (Phi) is 4.71. The van der Waals surface area contributed by atoms with E-state index in [4.69, 9.17) is 0 Å². The molecule has 0 spiro atoms. The molecule has 0 fully saturated rings. The van der Waals surface area contributed by atoms with Crippen LogP contribution in [0.2, 0.25) is 0 Å². The summed E-state index contributed by atoms with van der Waals surface area (Å²) in [6.45, 7) is 5.49. The lowest BCUT2D eigenvalue weighted by Crippen LogP contribution is -2.23. The predicted molar refractivity (Wildman–Crippen MR) is 77.8 cm³/mol. The fourth-order valence-corrected chi connectivity index (χ4v) is 2.21. The topological polar surface area (TPSA) is 24.9 Å². The van der Waals surface area contributed by atoms with E-state index in [-0.39, 0.29) is 0 Å². The third kappa shape index (κ3) is 3.54. The Hall–Kier alpha value is -1.41. The van der Waals surface area contributed by atoms with Crippen molar-refractivity contribution >= 4 is 10.8 Å². The zero-order valence-corrected chi connectivity index (χ0v) is 11.3. The average molecular weight is 242 g/mol. The van der Waals surface area contributed by atoms with Gasteiger partial charge < -0.3 is 5.32 Å². The standard InChI is InChI=1S/C16H22N2/c1-13(2)18-10-6-5-8-15-12-17-11-14-7-3-4-9-16(14)15/h3-4,7,9,11-13,18H,5-6,8,10H2,1-2H3. The Bertz CT molecular complexity index is 486. The quantitative estimate of drug-likeness (QED) is 0.783. The molecule has 0 radical (unpaired) electrons. The van der Waals surface area contributed by atoms with Crippen molar-refractivity contribution in [3.63, 3.8) is 0 Å². The van der Waals surface area contributed by atoms with Crippen LogP contribution < -0.4 is 5.32 Å². The summed E-state index contributed by atoms with van der Waals surface area (Å²) in [4.78, 5) is 4.32. The summed E-state index contributed by atoms with van der Waals surface area (Å²) in [5.41, 5.74) is 1.37. The molecule has 2 nitrogen and oxygen atoms in total. The van der Waals surface area contributed by atoms with Crippen LogP contribution in [0, 0.1) is 0 Å². The fourth-order valence-electron chi connectivity index (χ4n) is 2.21. The van der Waals surface area contributed by atoms with E-state index >= 15 is 0 Å². The van der Waals surface area contributed by atoms with Gasteiger partial charge in [0.15, 0.2) is 0 Å². The van der Waals surface area contributed by atoms with E-state index in [9.17, 15) is 0 Å². The number of nitrogens with one attached hydrogen (secondary N) is 1. The third-order valence-electron chi connectivity index (χ3n) is 3.18. The lowest BCUT2D eigenvalue weighted by molar-refractivity contribution is 0.558. The van der Waals surface area contributed by atoms with E-state index in [1.54, 1.807) is 0 Å². The molecule has 1 aromatic carbocycles. The molecule has 2 rings (SSSR count). The van der Waals surface area contributed by atoms with Gasteiger partial charge in [0.2, 0.25) is 0 Å². The van der Waals surface area contributed by atoms with Gasteiger partial charge in [-0.2, -0.15) is 0 Å². The van der Waals surface area contributed by atoms with Gasteiger partial charge in [0, 0.05) is 23.8 Å². The van der Waals surface area contributed by atoms with Gasteiger partial charge in [0.25, 0.3) is 0 Å². The molecule has 2 heteroatoms. The molecule has 0 saturated carbocycles. The van der Waals surface area contributed by atoms with Gasteiger partial charge in [0.1, 0.15) is 0 Å². The molecule has 0 aliphatic carbocycles. The Morgan fingerprint density at radius 1 is 1.11 bits per heavy atom. The zero-order valence-electron chi connectivity index (χ0n) is 11.3. The number of fused-ring (bicyclic) bond motifs is 1. The monoisotopic (exact) mass is 242 g/mol. The molecule has 0 amide bonds. The van der Waals surface area contributed by atoms with Crippen molar-refractivity contribution in [3.8, 4) is 0 Å². The van der Waals surface area contributed by atoms with E-state index in [1.165, 1.54) is 29.2 Å². The number of benzene rings is 1. The molecule has 0 atom stereocenters. The van der Waals surface area contributed by atoms with E-state index in [2.05, 4.69) is 48.4 Å². The van der Waals surface area contributed by atoms with E-state index in [0.717, 1.165) is 13.0 Å². The highest BCUT2D eigenvalue weighted by atomic mass is 14.9. The smallest absolute Gasteiger partial charge is 0.0346 e. The number of hydrogen-bond donors (Lipinski definition) is 1. The minimum absolute atomic E-state index is 0.587. The van der Waals surface area contributed by atoms with Crippen molar-refractivity contribution in [2.24, 2.45) is 0 Å². The Labute approximate surface area is 109 Å². The van der Waals surface area contributed by atoms with Crippen LogP contribution in [0.5, 0.6) is 0 Å². The van der Waals surface area contributed by atoms with Crippen molar-refractivity contribution in [2.75, 3.05) is 6.54 Å². The summed E-state index contributed by atoms with van der Waals surface area (Å²) in [6.07, 6.45) is 7.52.